The molecule has 2 N–H and O–H groups in total. The van der Waals surface area contributed by atoms with Crippen molar-refractivity contribution in [3.05, 3.63) is 82.9 Å². The second kappa shape index (κ2) is 14.2. The summed E-state index contributed by atoms with van der Waals surface area (Å²) >= 11 is 0. The summed E-state index contributed by atoms with van der Waals surface area (Å²) in [5, 5.41) is 15.6. The van der Waals surface area contributed by atoms with Gasteiger partial charge >= 0.3 is 11.9 Å². The number of fused-ring (bicyclic) bond motifs is 1. The van der Waals surface area contributed by atoms with Gasteiger partial charge in [0.15, 0.2) is 0 Å². The Morgan fingerprint density at radius 2 is 1.55 bits per heavy atom. The zero-order chi connectivity index (χ0) is 24.1. The van der Waals surface area contributed by atoms with E-state index in [1.54, 1.807) is 5.56 Å². The number of hydrogen-bond donors (Lipinski definition) is 2. The molecular formula is C27H35NO5. The van der Waals surface area contributed by atoms with Gasteiger partial charge in [0.2, 0.25) is 0 Å². The van der Waals surface area contributed by atoms with Crippen molar-refractivity contribution >= 4 is 11.9 Å². The Hall–Kier alpha value is -2.96. The predicted molar refractivity (Wildman–Crippen MR) is 130 cm³/mol. The average Bonchev–Trinajstić information content (AvgIpc) is 3.03. The summed E-state index contributed by atoms with van der Waals surface area (Å²) in [6.45, 7) is 1.85. The van der Waals surface area contributed by atoms with Crippen LogP contribution in [0.15, 0.2) is 60.7 Å². The highest BCUT2D eigenvalue weighted by molar-refractivity contribution is 5.89. The summed E-state index contributed by atoms with van der Waals surface area (Å²) in [6.07, 6.45) is 8.66. The monoisotopic (exact) mass is 453 g/mol. The summed E-state index contributed by atoms with van der Waals surface area (Å²) in [7, 11) is 4.22. The molecule has 0 saturated carbocycles. The van der Waals surface area contributed by atoms with Crippen molar-refractivity contribution in [2.75, 3.05) is 27.2 Å². The minimum Gasteiger partial charge on any atom is -0.478 e. The number of benzene rings is 2. The normalized spacial score (nSPS) is 14.2. The molecule has 3 rings (SSSR count). The first-order valence-corrected chi connectivity index (χ1v) is 11.4. The summed E-state index contributed by atoms with van der Waals surface area (Å²) in [5.74, 6) is -2.51. The molecule has 33 heavy (non-hydrogen) atoms. The van der Waals surface area contributed by atoms with Crippen LogP contribution in [0.5, 0.6) is 0 Å². The molecule has 0 bridgehead atoms. The molecule has 0 saturated heterocycles. The Kier molecular flexibility index (Phi) is 11.3. The molecule has 178 valence electrons. The van der Waals surface area contributed by atoms with E-state index in [1.807, 2.05) is 0 Å². The summed E-state index contributed by atoms with van der Waals surface area (Å²) < 4.78 is 6.36. The number of aliphatic carboxylic acids is 2. The van der Waals surface area contributed by atoms with E-state index in [-0.39, 0.29) is 6.10 Å². The van der Waals surface area contributed by atoms with Crippen molar-refractivity contribution in [1.82, 2.24) is 4.90 Å². The molecule has 6 nitrogen and oxygen atoms in total. The SMILES string of the molecule is CN(C)CCCOC(c1ccccc1)c1ccc2c(c1)CCCCC2.O=C(O)/C=C/C(=O)O. The summed E-state index contributed by atoms with van der Waals surface area (Å²) in [4.78, 5) is 21.3. The number of rotatable bonds is 9. The van der Waals surface area contributed by atoms with Crippen molar-refractivity contribution in [2.24, 2.45) is 0 Å². The Bertz CT molecular complexity index is 892. The molecule has 1 unspecified atom stereocenters. The van der Waals surface area contributed by atoms with Crippen molar-refractivity contribution < 1.29 is 24.5 Å². The van der Waals surface area contributed by atoms with E-state index in [4.69, 9.17) is 14.9 Å². The van der Waals surface area contributed by atoms with Crippen LogP contribution in [0.1, 0.15) is 54.0 Å². The van der Waals surface area contributed by atoms with E-state index in [9.17, 15) is 9.59 Å². The van der Waals surface area contributed by atoms with Gasteiger partial charge in [-0.3, -0.25) is 0 Å². The van der Waals surface area contributed by atoms with Crippen LogP contribution >= 0.6 is 0 Å². The predicted octanol–water partition coefficient (Wildman–Crippen LogP) is 4.73. The first kappa shape index (κ1) is 26.3. The zero-order valence-corrected chi connectivity index (χ0v) is 19.6. The number of ether oxygens (including phenoxy) is 1. The number of carbonyl (C=O) groups is 2. The maximum atomic E-state index is 9.55. The van der Waals surface area contributed by atoms with E-state index < -0.39 is 11.9 Å². The summed E-state index contributed by atoms with van der Waals surface area (Å²) in [5.41, 5.74) is 5.63. The summed E-state index contributed by atoms with van der Waals surface area (Å²) in [6, 6.07) is 17.7. The van der Waals surface area contributed by atoms with Gasteiger partial charge in [-0.1, -0.05) is 55.0 Å². The lowest BCUT2D eigenvalue weighted by Crippen LogP contribution is -2.16. The van der Waals surface area contributed by atoms with Gasteiger partial charge in [0.25, 0.3) is 0 Å². The third kappa shape index (κ3) is 10.0. The Morgan fingerprint density at radius 3 is 2.15 bits per heavy atom. The van der Waals surface area contributed by atoms with E-state index >= 15 is 0 Å². The zero-order valence-electron chi connectivity index (χ0n) is 19.6. The number of carboxylic acids is 2. The second-order valence-corrected chi connectivity index (χ2v) is 8.42. The van der Waals surface area contributed by atoms with Crippen molar-refractivity contribution in [2.45, 2.75) is 44.6 Å². The van der Waals surface area contributed by atoms with Gasteiger partial charge in [-0.25, -0.2) is 9.59 Å². The van der Waals surface area contributed by atoms with Gasteiger partial charge in [0.1, 0.15) is 6.10 Å². The smallest absolute Gasteiger partial charge is 0.328 e. The highest BCUT2D eigenvalue weighted by atomic mass is 16.5. The van der Waals surface area contributed by atoms with Crippen molar-refractivity contribution in [1.29, 1.82) is 0 Å². The van der Waals surface area contributed by atoms with Crippen LogP contribution in [-0.4, -0.2) is 54.3 Å². The lowest BCUT2D eigenvalue weighted by molar-refractivity contribution is -0.134. The largest absolute Gasteiger partial charge is 0.478 e. The molecule has 0 aromatic heterocycles. The van der Waals surface area contributed by atoms with Crippen molar-refractivity contribution in [3.8, 4) is 0 Å². The Balaban J connectivity index is 0.000000414. The van der Waals surface area contributed by atoms with E-state index in [0.717, 1.165) is 19.6 Å². The standard InChI is InChI=1S/C23H31NO.C4H4O4/c1-24(2)16-9-17-25-23(20-11-6-4-7-12-20)22-15-14-19-10-5-3-8-13-21(19)18-22;5-3(6)1-2-4(7)8/h4,6-7,11-12,14-15,18,23H,3,5,8-10,13,16-17H2,1-2H3;1-2H,(H,5,6)(H,7,8)/b;2-1+. The minimum atomic E-state index is -1.26. The van der Waals surface area contributed by atoms with Crippen LogP contribution in [-0.2, 0) is 27.2 Å². The van der Waals surface area contributed by atoms with Gasteiger partial charge in [-0.15, -0.1) is 0 Å². The van der Waals surface area contributed by atoms with Gasteiger partial charge in [0.05, 0.1) is 0 Å². The van der Waals surface area contributed by atoms with E-state index in [2.05, 4.69) is 67.5 Å². The molecule has 0 radical (unpaired) electrons. The van der Waals surface area contributed by atoms with Gasteiger partial charge in [-0.05, 0) is 75.0 Å². The van der Waals surface area contributed by atoms with Crippen LogP contribution in [0.2, 0.25) is 0 Å². The van der Waals surface area contributed by atoms with Crippen LogP contribution < -0.4 is 0 Å². The fourth-order valence-electron chi connectivity index (χ4n) is 3.83. The molecule has 2 aromatic rings. The Labute approximate surface area is 196 Å². The Morgan fingerprint density at radius 1 is 0.909 bits per heavy atom. The third-order valence-electron chi connectivity index (χ3n) is 5.43. The van der Waals surface area contributed by atoms with Crippen LogP contribution in [0.3, 0.4) is 0 Å². The van der Waals surface area contributed by atoms with Crippen LogP contribution in [0.4, 0.5) is 0 Å². The molecule has 0 heterocycles. The average molecular weight is 454 g/mol. The lowest BCUT2D eigenvalue weighted by Gasteiger charge is -2.21. The first-order valence-electron chi connectivity index (χ1n) is 11.4. The van der Waals surface area contributed by atoms with Gasteiger partial charge in [-0.2, -0.15) is 0 Å². The quantitative estimate of drug-likeness (QED) is 0.324. The topological polar surface area (TPSA) is 87.1 Å². The molecular weight excluding hydrogens is 418 g/mol. The lowest BCUT2D eigenvalue weighted by atomic mass is 9.95. The molecule has 1 aliphatic rings. The molecule has 1 aliphatic carbocycles. The first-order chi connectivity index (χ1) is 15.9. The van der Waals surface area contributed by atoms with Crippen molar-refractivity contribution in [3.63, 3.8) is 0 Å². The number of hydrogen-bond acceptors (Lipinski definition) is 4. The molecule has 0 aliphatic heterocycles. The molecule has 6 heteroatoms. The van der Waals surface area contributed by atoms with Gasteiger partial charge in [0, 0.05) is 18.8 Å². The van der Waals surface area contributed by atoms with E-state index in [1.165, 1.54) is 48.8 Å². The van der Waals surface area contributed by atoms with Gasteiger partial charge < -0.3 is 19.8 Å². The molecule has 0 fully saturated rings. The molecule has 1 atom stereocenters. The number of aryl methyl sites for hydroxylation is 2. The number of carboxylic acid groups (broad SMARTS) is 2. The maximum absolute atomic E-state index is 9.55. The third-order valence-corrected chi connectivity index (χ3v) is 5.43. The highest BCUT2D eigenvalue weighted by Gasteiger charge is 2.17. The molecule has 2 aromatic carbocycles. The fourth-order valence-corrected chi connectivity index (χ4v) is 3.83. The van der Waals surface area contributed by atoms with Crippen LogP contribution in [0.25, 0.3) is 0 Å². The highest BCUT2D eigenvalue weighted by Crippen LogP contribution is 2.30. The fraction of sp³-hybridized carbons (Fsp3) is 0.407. The number of nitrogens with zero attached hydrogens (tertiary/aromatic N) is 1. The molecule has 0 amide bonds. The van der Waals surface area contributed by atoms with E-state index in [0.29, 0.717) is 12.2 Å². The van der Waals surface area contributed by atoms with Crippen LogP contribution in [0, 0.1) is 0 Å². The molecule has 0 spiro atoms. The maximum Gasteiger partial charge on any atom is 0.328 e. The second-order valence-electron chi connectivity index (χ2n) is 8.42. The minimum absolute atomic E-state index is 0.0388.